The van der Waals surface area contributed by atoms with Crippen LogP contribution in [0.2, 0.25) is 0 Å². The number of aliphatic hydroxyl groups excluding tert-OH is 23. The quantitative estimate of drug-likeness (QED) is 0.0329. The van der Waals surface area contributed by atoms with Crippen molar-refractivity contribution < 1.29 is 137 Å². The molecule has 8 fully saturated rings. The van der Waals surface area contributed by atoms with Gasteiger partial charge in [0.25, 0.3) is 0 Å². The van der Waals surface area contributed by atoms with Crippen LogP contribution in [0.5, 0.6) is 5.75 Å². The van der Waals surface area contributed by atoms with Gasteiger partial charge in [-0.2, -0.15) is 0 Å². The third kappa shape index (κ3) is 40.7. The van der Waals surface area contributed by atoms with Crippen molar-refractivity contribution in [3.8, 4) is 5.75 Å². The molecule has 2 saturated heterocycles. The molecular weight excluding hydrogens is 1620 g/mol. The highest BCUT2D eigenvalue weighted by molar-refractivity contribution is 5.80. The van der Waals surface area contributed by atoms with Crippen molar-refractivity contribution in [2.45, 2.75) is 388 Å². The Kier molecular flexibility index (Phi) is 60.8. The van der Waals surface area contributed by atoms with Gasteiger partial charge in [-0.25, -0.2) is 0 Å². The number of rotatable bonds is 43. The molecule has 9 rings (SSSR count). The van der Waals surface area contributed by atoms with Crippen molar-refractivity contribution in [3.63, 3.8) is 0 Å². The number of amides is 1. The van der Waals surface area contributed by atoms with Gasteiger partial charge in [0.2, 0.25) is 5.91 Å². The lowest BCUT2D eigenvalue weighted by Gasteiger charge is -2.35. The number of nitrogens with zero attached hydrogens (tertiary/aromatic N) is 4. The largest absolute Gasteiger partial charge is 0.497 e. The normalized spacial score (nSPS) is 33.5. The summed E-state index contributed by atoms with van der Waals surface area (Å²) in [6.07, 6.45) is 19.9. The molecule has 1 aromatic carbocycles. The van der Waals surface area contributed by atoms with Crippen LogP contribution in [0.15, 0.2) is 24.3 Å². The molecule has 29 atom stereocenters. The molecule has 31 nitrogen and oxygen atoms in total. The minimum absolute atomic E-state index is 0.00819. The van der Waals surface area contributed by atoms with Crippen molar-refractivity contribution in [1.82, 2.24) is 19.6 Å². The van der Waals surface area contributed by atoms with E-state index in [1.807, 2.05) is 35.8 Å². The first-order chi connectivity index (χ1) is 59.8. The van der Waals surface area contributed by atoms with Gasteiger partial charge < -0.3 is 137 Å². The molecule has 0 aromatic heterocycles. The van der Waals surface area contributed by atoms with Gasteiger partial charge in [-0.15, -0.1) is 0 Å². The number of hydrogen-bond donors (Lipinski definition) is 23. The molecule has 736 valence electrons. The van der Waals surface area contributed by atoms with Gasteiger partial charge in [0.15, 0.2) is 0 Å². The van der Waals surface area contributed by atoms with E-state index in [-0.39, 0.29) is 117 Å². The predicted octanol–water partition coefficient (Wildman–Crippen LogP) is 3.30. The Morgan fingerprint density at radius 3 is 1.21 bits per heavy atom. The first kappa shape index (κ1) is 116. The van der Waals surface area contributed by atoms with Crippen LogP contribution in [0.3, 0.4) is 0 Å². The molecule has 1 amide bonds. The molecule has 2 aliphatic heterocycles. The summed E-state index contributed by atoms with van der Waals surface area (Å²) in [7, 11) is 3.74. The number of carbonyl (C=O) groups excluding carboxylic acids is 2. The lowest BCUT2D eigenvalue weighted by Crippen LogP contribution is -2.47. The number of likely N-dealkylation sites (N-methyl/N-ethyl adjacent to an activating group) is 3. The highest BCUT2D eigenvalue weighted by Crippen LogP contribution is 2.39. The number of esters is 1. The molecule has 23 N–H and O–H groups in total. The Morgan fingerprint density at radius 1 is 0.432 bits per heavy atom. The Hall–Kier alpha value is -3.08. The number of ether oxygens (including phenoxy) is 2. The van der Waals surface area contributed by atoms with Gasteiger partial charge in [-0.1, -0.05) is 162 Å². The van der Waals surface area contributed by atoms with Crippen molar-refractivity contribution in [2.24, 2.45) is 53.3 Å². The number of hydrogen-bond acceptors (Lipinski definition) is 30. The zero-order valence-electron chi connectivity index (χ0n) is 77.4. The van der Waals surface area contributed by atoms with Crippen LogP contribution >= 0.6 is 0 Å². The van der Waals surface area contributed by atoms with E-state index in [1.54, 1.807) is 14.0 Å². The molecule has 6 aliphatic carbocycles. The van der Waals surface area contributed by atoms with Gasteiger partial charge >= 0.3 is 5.97 Å². The highest BCUT2D eigenvalue weighted by Gasteiger charge is 2.51. The number of aliphatic hydroxyl groups is 23. The minimum atomic E-state index is -1.14. The fourth-order valence-electron chi connectivity index (χ4n) is 19.2. The van der Waals surface area contributed by atoms with Gasteiger partial charge in [0.05, 0.1) is 131 Å². The standard InChI is InChI=1S/C18H29NO4.2C15H30O3.C14H27NO5.C12H24O3.C11H20N2O4.C9H18O5/c1-19(9-7-13-3-5-16(23-2)6-4-13)10-8-14-11-15(12-20)18(22)17(14)21;1-2-3-4-5-6-7-8-9-12-10-13(11-16)15(18)14(12)17;1-2-3-4-5-6-7-8-9-12-10-11-13(16)15(18)14(12)17;1-3-15(8-12(17)20-4-2)6-5-10-7-11(9-16)14(19)13(10)18;1-2-3-4-5-6-9-7-8-10(13)12(15)11(9)14;1-2-12-4-3-7-10(16)11(17)8(6-14)13(7)9(15)5-12;10-4-6(11)3-5-1-2-7(12)9(14)8(5)13/h3-6,14-15,17-18,20-22H,7-12H2,1-2H3;2*12-18H,2-11H2,1H3;10-11,13-14,16,18-19H,3-9H2,1-2H3;9-15H,2-8H2,1H3;7-8,10-11,14,16-17H,2-6H2,1H3;5-14H,1-4H2/t14-,15-,17-,18-;12-,13-,14-,15-;12-,13+,14-,15-;10-,11-,13-,14-;9-,10+,11-,12-;7-,8+,10+,11+;5-,6?,7-,8+,9+/m0000011/s1. The molecule has 0 radical (unpaired) electrons. The van der Waals surface area contributed by atoms with Crippen LogP contribution < -0.4 is 4.74 Å². The van der Waals surface area contributed by atoms with E-state index in [1.165, 1.54) is 107 Å². The third-order valence-electron chi connectivity index (χ3n) is 27.8. The van der Waals surface area contributed by atoms with Crippen molar-refractivity contribution >= 4 is 11.9 Å². The molecule has 31 heteroatoms. The molecular formula is C94H178N4O27. The van der Waals surface area contributed by atoms with Crippen LogP contribution in [0.4, 0.5) is 0 Å². The second-order valence-corrected chi connectivity index (χ2v) is 37.1. The van der Waals surface area contributed by atoms with E-state index in [0.29, 0.717) is 71.1 Å². The molecule has 0 spiro atoms. The number of unbranched alkanes of at least 4 members (excludes halogenated alkanes) is 15. The summed E-state index contributed by atoms with van der Waals surface area (Å²) in [5.74, 6) is 0.309. The summed E-state index contributed by atoms with van der Waals surface area (Å²) >= 11 is 0. The average Bonchev–Trinajstić information content (AvgIpc) is 1.62. The van der Waals surface area contributed by atoms with Gasteiger partial charge in [0, 0.05) is 50.7 Å². The topological polar surface area (TPSA) is 531 Å². The van der Waals surface area contributed by atoms with Gasteiger partial charge in [-0.05, 0) is 203 Å². The minimum Gasteiger partial charge on any atom is -0.497 e. The molecule has 0 bridgehead atoms. The lowest BCUT2D eigenvalue weighted by molar-refractivity contribution is -0.144. The summed E-state index contributed by atoms with van der Waals surface area (Å²) in [5, 5.41) is 219. The fourth-order valence-corrected chi connectivity index (χ4v) is 19.2. The van der Waals surface area contributed by atoms with E-state index in [2.05, 4.69) is 44.9 Å². The summed E-state index contributed by atoms with van der Waals surface area (Å²) < 4.78 is 10.1. The second-order valence-electron chi connectivity index (χ2n) is 37.1. The molecule has 1 aromatic rings. The number of fused-ring (bicyclic) bond motifs is 1. The summed E-state index contributed by atoms with van der Waals surface area (Å²) in [6, 6.07) is 7.07. The molecule has 2 heterocycles. The molecule has 8 aliphatic rings. The van der Waals surface area contributed by atoms with E-state index >= 15 is 0 Å². The summed E-state index contributed by atoms with van der Waals surface area (Å²) in [6.45, 7) is 17.2. The van der Waals surface area contributed by atoms with E-state index in [9.17, 15) is 112 Å². The lowest BCUT2D eigenvalue weighted by atomic mass is 9.80. The number of methoxy groups -OCH3 is 1. The Morgan fingerprint density at radius 2 is 0.816 bits per heavy atom. The maximum absolute atomic E-state index is 12.1. The number of benzene rings is 1. The van der Waals surface area contributed by atoms with Crippen molar-refractivity contribution in [2.75, 3.05) is 106 Å². The third-order valence-corrected chi connectivity index (χ3v) is 27.8. The second kappa shape index (κ2) is 65.5. The predicted molar refractivity (Wildman–Crippen MR) is 478 cm³/mol. The average molecular weight is 1800 g/mol. The van der Waals surface area contributed by atoms with E-state index in [0.717, 1.165) is 109 Å². The Labute approximate surface area is 747 Å². The zero-order chi connectivity index (χ0) is 93.3. The monoisotopic (exact) mass is 1800 g/mol. The van der Waals surface area contributed by atoms with E-state index in [4.69, 9.17) is 24.8 Å². The van der Waals surface area contributed by atoms with Crippen LogP contribution in [-0.4, -0.2) is 377 Å². The highest BCUT2D eigenvalue weighted by atomic mass is 16.5. The SMILES string of the molecule is CCCCCCCCC[C@H]1CC[C@@H](O)[C@H](O)[C@H]1O.CCCCCCCCC[C@H]1C[C@@H](CO)[C@H](O)[C@H]1O.CCCCCC[C@H]1CC[C@@H](O)[C@H](O)[C@H]1O.CCN1CC[C@@H]2[C@H](O)[C@@H](O)[C@H](CO)N2C(=O)C1.CCOC(=O)CN(CC)CC[C@H]1C[C@@H](CO)[C@H](O)[C@H]1O.COc1ccc(CCN(C)CC[C@H]2C[C@@H](CO)[C@H](O)[C@H]2O)cc1.OCC(O)C[C@H]1CC[C@@H](O)[C@H](O)[C@H]1O. The van der Waals surface area contributed by atoms with Crippen LogP contribution in [-0.2, 0) is 20.7 Å². The molecule has 1 unspecified atom stereocenters. The van der Waals surface area contributed by atoms with Gasteiger partial charge in [0.1, 0.15) is 36.3 Å². The number of carbonyl (C=O) groups is 2. The van der Waals surface area contributed by atoms with E-state index < -0.39 is 116 Å². The first-order valence-electron chi connectivity index (χ1n) is 48.3. The summed E-state index contributed by atoms with van der Waals surface area (Å²) in [5.41, 5.74) is 1.27. The fraction of sp³-hybridized carbons (Fsp3) is 0.915. The maximum atomic E-state index is 12.1. The zero-order valence-corrected chi connectivity index (χ0v) is 77.4. The van der Waals surface area contributed by atoms with Crippen molar-refractivity contribution in [3.05, 3.63) is 29.8 Å². The summed E-state index contributed by atoms with van der Waals surface area (Å²) in [4.78, 5) is 31.2. The first-order valence-corrected chi connectivity index (χ1v) is 48.3. The smallest absolute Gasteiger partial charge is 0.320 e. The Balaban J connectivity index is 0.000000378. The molecule has 6 saturated carbocycles. The molecule has 125 heavy (non-hydrogen) atoms. The van der Waals surface area contributed by atoms with Crippen molar-refractivity contribution in [1.29, 1.82) is 0 Å². The van der Waals surface area contributed by atoms with Crippen LogP contribution in [0, 0.1) is 53.3 Å². The van der Waals surface area contributed by atoms with Gasteiger partial charge in [-0.3, -0.25) is 19.4 Å². The Bertz CT molecular complexity index is 2830. The van der Waals surface area contributed by atoms with Crippen LogP contribution in [0.1, 0.15) is 265 Å². The maximum Gasteiger partial charge on any atom is 0.320 e. The van der Waals surface area contributed by atoms with Crippen LogP contribution in [0.25, 0.3) is 0 Å².